The van der Waals surface area contributed by atoms with Crippen LogP contribution in [0.1, 0.15) is 17.0 Å². The lowest BCUT2D eigenvalue weighted by molar-refractivity contribution is 1.04. The second-order valence-corrected chi connectivity index (χ2v) is 4.18. The Morgan fingerprint density at radius 2 is 1.94 bits per heavy atom. The van der Waals surface area contributed by atoms with Crippen molar-refractivity contribution < 1.29 is 0 Å². The van der Waals surface area contributed by atoms with Gasteiger partial charge in [0.25, 0.3) is 0 Å². The maximum absolute atomic E-state index is 9.03. The van der Waals surface area contributed by atoms with E-state index in [1.165, 1.54) is 0 Å². The van der Waals surface area contributed by atoms with Crippen LogP contribution < -0.4 is 5.32 Å². The Hall–Kier alpha value is -2.12. The zero-order chi connectivity index (χ0) is 13.1. The van der Waals surface area contributed by atoms with Crippen molar-refractivity contribution in [3.8, 4) is 6.07 Å². The number of hydrogen-bond acceptors (Lipinski definition) is 4. The molecule has 0 aliphatic carbocycles. The minimum Gasteiger partial charge on any atom is -0.339 e. The van der Waals surface area contributed by atoms with Crippen molar-refractivity contribution >= 4 is 23.1 Å². The lowest BCUT2D eigenvalue weighted by Gasteiger charge is -2.11. The fourth-order valence-corrected chi connectivity index (χ4v) is 1.74. The van der Waals surface area contributed by atoms with Crippen LogP contribution in [-0.2, 0) is 0 Å². The fourth-order valence-electron chi connectivity index (χ4n) is 1.53. The number of halogens is 1. The summed E-state index contributed by atoms with van der Waals surface area (Å²) < 4.78 is 0. The van der Waals surface area contributed by atoms with E-state index in [1.54, 1.807) is 13.0 Å². The SMILES string of the molecule is Cc1nc(Cl)c(C)c(Nc2ccccc2C#N)n1. The maximum atomic E-state index is 9.03. The van der Waals surface area contributed by atoms with Crippen LogP contribution in [0.4, 0.5) is 11.5 Å². The molecular weight excluding hydrogens is 248 g/mol. The van der Waals surface area contributed by atoms with Gasteiger partial charge < -0.3 is 5.32 Å². The van der Waals surface area contributed by atoms with Crippen LogP contribution in [0.25, 0.3) is 0 Å². The minimum absolute atomic E-state index is 0.416. The number of para-hydroxylation sites is 1. The zero-order valence-electron chi connectivity index (χ0n) is 10.0. The Labute approximate surface area is 110 Å². The van der Waals surface area contributed by atoms with Crippen LogP contribution >= 0.6 is 11.6 Å². The molecule has 2 rings (SSSR count). The maximum Gasteiger partial charge on any atom is 0.138 e. The van der Waals surface area contributed by atoms with Gasteiger partial charge in [-0.2, -0.15) is 5.26 Å². The second kappa shape index (κ2) is 5.03. The van der Waals surface area contributed by atoms with Gasteiger partial charge in [-0.25, -0.2) is 9.97 Å². The highest BCUT2D eigenvalue weighted by Gasteiger charge is 2.09. The molecule has 0 aliphatic rings. The Morgan fingerprint density at radius 3 is 2.67 bits per heavy atom. The molecule has 0 bridgehead atoms. The van der Waals surface area contributed by atoms with Gasteiger partial charge in [0, 0.05) is 5.56 Å². The summed E-state index contributed by atoms with van der Waals surface area (Å²) >= 11 is 6.00. The van der Waals surface area contributed by atoms with Gasteiger partial charge in [0.15, 0.2) is 0 Å². The molecule has 2 aromatic rings. The van der Waals surface area contributed by atoms with Gasteiger partial charge in [0.1, 0.15) is 22.9 Å². The Bertz CT molecular complexity index is 631. The molecule has 0 unspecified atom stereocenters. The van der Waals surface area contributed by atoms with Crippen LogP contribution in [-0.4, -0.2) is 9.97 Å². The van der Waals surface area contributed by atoms with Gasteiger partial charge in [-0.3, -0.25) is 0 Å². The van der Waals surface area contributed by atoms with Crippen molar-refractivity contribution in [3.63, 3.8) is 0 Å². The second-order valence-electron chi connectivity index (χ2n) is 3.82. The normalized spacial score (nSPS) is 9.89. The summed E-state index contributed by atoms with van der Waals surface area (Å²) in [5.41, 5.74) is 2.02. The molecule has 1 aromatic heterocycles. The number of nitrogens with zero attached hydrogens (tertiary/aromatic N) is 3. The molecule has 5 heteroatoms. The standard InChI is InChI=1S/C13H11ClN4/c1-8-12(14)16-9(2)17-13(8)18-11-6-4-3-5-10(11)7-15/h3-6H,1-2H3,(H,16,17,18). The zero-order valence-corrected chi connectivity index (χ0v) is 10.8. The smallest absolute Gasteiger partial charge is 0.138 e. The molecule has 1 aromatic carbocycles. The number of aromatic nitrogens is 2. The van der Waals surface area contributed by atoms with E-state index in [2.05, 4.69) is 21.4 Å². The number of hydrogen-bond donors (Lipinski definition) is 1. The molecule has 0 atom stereocenters. The van der Waals surface area contributed by atoms with Gasteiger partial charge in [0.05, 0.1) is 11.3 Å². The minimum atomic E-state index is 0.416. The summed E-state index contributed by atoms with van der Waals surface area (Å²) in [4.78, 5) is 8.36. The van der Waals surface area contributed by atoms with E-state index >= 15 is 0 Å². The summed E-state index contributed by atoms with van der Waals surface area (Å²) in [6, 6.07) is 9.36. The fraction of sp³-hybridized carbons (Fsp3) is 0.154. The van der Waals surface area contributed by atoms with Crippen molar-refractivity contribution in [1.82, 2.24) is 9.97 Å². The molecule has 90 valence electrons. The van der Waals surface area contributed by atoms with Gasteiger partial charge in [-0.1, -0.05) is 23.7 Å². The predicted molar refractivity (Wildman–Crippen MR) is 71.0 cm³/mol. The molecule has 1 N–H and O–H groups in total. The van der Waals surface area contributed by atoms with E-state index in [4.69, 9.17) is 16.9 Å². The molecule has 1 heterocycles. The largest absolute Gasteiger partial charge is 0.339 e. The lowest BCUT2D eigenvalue weighted by Crippen LogP contribution is -2.02. The number of aryl methyl sites for hydroxylation is 1. The first kappa shape index (κ1) is 12.3. The molecule has 4 nitrogen and oxygen atoms in total. The Balaban J connectivity index is 2.44. The number of benzene rings is 1. The Kier molecular flexibility index (Phi) is 3.45. The number of nitrogens with one attached hydrogen (secondary N) is 1. The van der Waals surface area contributed by atoms with Crippen LogP contribution in [0.3, 0.4) is 0 Å². The summed E-state index contributed by atoms with van der Waals surface area (Å²) in [6.45, 7) is 3.60. The molecule has 18 heavy (non-hydrogen) atoms. The van der Waals surface area contributed by atoms with Crippen molar-refractivity contribution in [2.75, 3.05) is 5.32 Å². The third kappa shape index (κ3) is 2.41. The van der Waals surface area contributed by atoms with E-state index in [-0.39, 0.29) is 0 Å². The predicted octanol–water partition coefficient (Wildman–Crippen LogP) is 3.36. The number of rotatable bonds is 2. The van der Waals surface area contributed by atoms with E-state index in [9.17, 15) is 0 Å². The van der Waals surface area contributed by atoms with Crippen molar-refractivity contribution in [2.45, 2.75) is 13.8 Å². The highest BCUT2D eigenvalue weighted by molar-refractivity contribution is 6.30. The van der Waals surface area contributed by atoms with Crippen molar-refractivity contribution in [1.29, 1.82) is 5.26 Å². The average molecular weight is 259 g/mol. The van der Waals surface area contributed by atoms with Crippen molar-refractivity contribution in [2.24, 2.45) is 0 Å². The monoisotopic (exact) mass is 258 g/mol. The van der Waals surface area contributed by atoms with Crippen LogP contribution in [0.5, 0.6) is 0 Å². The topological polar surface area (TPSA) is 61.6 Å². The molecule has 0 amide bonds. The van der Waals surface area contributed by atoms with Gasteiger partial charge in [-0.15, -0.1) is 0 Å². The first-order valence-corrected chi connectivity index (χ1v) is 5.76. The first-order chi connectivity index (χ1) is 8.61. The third-order valence-electron chi connectivity index (χ3n) is 2.50. The average Bonchev–Trinajstić information content (AvgIpc) is 2.36. The van der Waals surface area contributed by atoms with E-state index in [0.29, 0.717) is 28.0 Å². The van der Waals surface area contributed by atoms with E-state index < -0.39 is 0 Å². The molecule has 0 saturated heterocycles. The highest BCUT2D eigenvalue weighted by atomic mass is 35.5. The number of nitriles is 1. The quantitative estimate of drug-likeness (QED) is 0.839. The Morgan fingerprint density at radius 1 is 1.22 bits per heavy atom. The molecule has 0 saturated carbocycles. The highest BCUT2D eigenvalue weighted by Crippen LogP contribution is 2.24. The first-order valence-electron chi connectivity index (χ1n) is 5.38. The van der Waals surface area contributed by atoms with Crippen LogP contribution in [0.15, 0.2) is 24.3 Å². The molecule has 0 aliphatic heterocycles. The van der Waals surface area contributed by atoms with Crippen LogP contribution in [0.2, 0.25) is 5.15 Å². The molecular formula is C13H11ClN4. The summed E-state index contributed by atoms with van der Waals surface area (Å²) in [5.74, 6) is 1.21. The van der Waals surface area contributed by atoms with Crippen LogP contribution in [0, 0.1) is 25.2 Å². The summed E-state index contributed by atoms with van der Waals surface area (Å²) in [6.07, 6.45) is 0. The van der Waals surface area contributed by atoms with E-state index in [0.717, 1.165) is 5.56 Å². The van der Waals surface area contributed by atoms with Gasteiger partial charge >= 0.3 is 0 Å². The molecule has 0 spiro atoms. The number of anilines is 2. The van der Waals surface area contributed by atoms with E-state index in [1.807, 2.05) is 25.1 Å². The van der Waals surface area contributed by atoms with Gasteiger partial charge in [0.2, 0.25) is 0 Å². The molecule has 0 radical (unpaired) electrons. The molecule has 0 fully saturated rings. The van der Waals surface area contributed by atoms with Crippen molar-refractivity contribution in [3.05, 3.63) is 46.4 Å². The summed E-state index contributed by atoms with van der Waals surface area (Å²) in [5, 5.41) is 12.6. The van der Waals surface area contributed by atoms with Gasteiger partial charge in [-0.05, 0) is 26.0 Å². The third-order valence-corrected chi connectivity index (χ3v) is 2.87. The summed E-state index contributed by atoms with van der Waals surface area (Å²) in [7, 11) is 0. The lowest BCUT2D eigenvalue weighted by atomic mass is 10.2.